The normalized spacial score (nSPS) is 12.9. The quantitative estimate of drug-likeness (QED) is 0.210. The molecule has 1 unspecified atom stereocenters. The van der Waals surface area contributed by atoms with E-state index < -0.39 is 47.8 Å². The summed E-state index contributed by atoms with van der Waals surface area (Å²) in [4.78, 5) is 48.3. The minimum Gasteiger partial charge on any atom is -0.458 e. The van der Waals surface area contributed by atoms with Gasteiger partial charge in [0.15, 0.2) is 11.2 Å². The van der Waals surface area contributed by atoms with Gasteiger partial charge in [0.05, 0.1) is 25.0 Å². The van der Waals surface area contributed by atoms with E-state index in [1.54, 1.807) is 30.3 Å². The Bertz CT molecular complexity index is 1260. The van der Waals surface area contributed by atoms with Gasteiger partial charge in [0.1, 0.15) is 12.1 Å². The Balaban J connectivity index is 1.90. The topological polar surface area (TPSA) is 209 Å². The van der Waals surface area contributed by atoms with E-state index in [1.807, 2.05) is 0 Å². The molecule has 0 radical (unpaired) electrons. The number of nitrogens with two attached hydrogens (primary N) is 2. The van der Waals surface area contributed by atoms with Crippen LogP contribution in [0.15, 0.2) is 41.5 Å². The fraction of sp³-hybridized carbons (Fsp3) is 0.435. The Morgan fingerprint density at radius 1 is 1.19 bits per heavy atom. The Kier molecular flexibility index (Phi) is 8.07. The number of aliphatic hydroxyl groups is 2. The molecule has 2 heterocycles. The molecule has 7 N–H and O–H groups in total. The van der Waals surface area contributed by atoms with Crippen LogP contribution in [0.25, 0.3) is 11.2 Å². The van der Waals surface area contributed by atoms with Crippen LogP contribution in [0.2, 0.25) is 0 Å². The number of hydrogen-bond acceptors (Lipinski definition) is 11. The van der Waals surface area contributed by atoms with Crippen LogP contribution >= 0.6 is 0 Å². The molecule has 0 aliphatic carbocycles. The number of fused-ring (bicyclic) bond motifs is 1. The molecule has 0 amide bonds. The van der Waals surface area contributed by atoms with Gasteiger partial charge >= 0.3 is 11.9 Å². The van der Waals surface area contributed by atoms with Crippen LogP contribution in [-0.2, 0) is 32.2 Å². The zero-order valence-electron chi connectivity index (χ0n) is 20.0. The van der Waals surface area contributed by atoms with Crippen LogP contribution in [0, 0.1) is 5.41 Å². The summed E-state index contributed by atoms with van der Waals surface area (Å²) < 4.78 is 12.3. The first-order valence-corrected chi connectivity index (χ1v) is 11.1. The van der Waals surface area contributed by atoms with Crippen molar-refractivity contribution in [3.05, 3.63) is 52.6 Å². The molecule has 0 saturated heterocycles. The number of aromatic amines is 1. The summed E-state index contributed by atoms with van der Waals surface area (Å²) in [5, 5.41) is 20.6. The Labute approximate surface area is 206 Å². The van der Waals surface area contributed by atoms with Gasteiger partial charge in [-0.25, -0.2) is 9.78 Å². The standard InChI is InChI=1S/C23H30N6O7/c1-22(2,25)20(34)36-16(19(33)35-10-14-6-4-3-5-7-14)23(11-30,12-31)8-9-29-13-26-15-17(29)27-21(24)28-18(15)32/h3-7,13,16,30-31H,8-12,25H2,1-2H3,(H3,24,27,28,32). The van der Waals surface area contributed by atoms with E-state index in [2.05, 4.69) is 15.0 Å². The number of carbonyl (C=O) groups excluding carboxylic acids is 2. The summed E-state index contributed by atoms with van der Waals surface area (Å²) in [6, 6.07) is 8.83. The molecular weight excluding hydrogens is 472 g/mol. The number of benzene rings is 1. The number of carbonyl (C=O) groups is 2. The number of aryl methyl sites for hydroxylation is 1. The van der Waals surface area contributed by atoms with E-state index in [4.69, 9.17) is 20.9 Å². The molecule has 3 rings (SSSR count). The Hall–Kier alpha value is -3.81. The van der Waals surface area contributed by atoms with Crippen molar-refractivity contribution in [2.45, 2.75) is 45.1 Å². The average molecular weight is 503 g/mol. The number of aromatic nitrogens is 4. The summed E-state index contributed by atoms with van der Waals surface area (Å²) in [6.07, 6.45) is -0.449. The smallest absolute Gasteiger partial charge is 0.348 e. The molecule has 0 aliphatic rings. The second kappa shape index (κ2) is 10.8. The number of nitrogens with one attached hydrogen (secondary N) is 1. The highest BCUT2D eigenvalue weighted by Crippen LogP contribution is 2.31. The molecule has 1 aromatic carbocycles. The Morgan fingerprint density at radius 3 is 2.47 bits per heavy atom. The van der Waals surface area contributed by atoms with Crippen molar-refractivity contribution < 1.29 is 29.3 Å². The predicted molar refractivity (Wildman–Crippen MR) is 128 cm³/mol. The van der Waals surface area contributed by atoms with Gasteiger partial charge in [0, 0.05) is 6.54 Å². The molecule has 1 atom stereocenters. The number of esters is 2. The number of nitrogen functional groups attached to an aromatic ring is 1. The highest BCUT2D eigenvalue weighted by molar-refractivity contribution is 5.84. The van der Waals surface area contributed by atoms with Crippen molar-refractivity contribution in [3.8, 4) is 0 Å². The number of ether oxygens (including phenoxy) is 2. The first-order chi connectivity index (χ1) is 17.0. The molecule has 3 aromatic rings. The van der Waals surface area contributed by atoms with Crippen LogP contribution in [0.4, 0.5) is 5.95 Å². The number of hydrogen-bond donors (Lipinski definition) is 5. The molecule has 2 aromatic heterocycles. The maximum absolute atomic E-state index is 13.2. The molecular formula is C23H30N6O7. The van der Waals surface area contributed by atoms with Crippen molar-refractivity contribution in [1.29, 1.82) is 0 Å². The molecule has 0 aliphatic heterocycles. The fourth-order valence-electron chi connectivity index (χ4n) is 3.47. The summed E-state index contributed by atoms with van der Waals surface area (Å²) >= 11 is 0. The highest BCUT2D eigenvalue weighted by Gasteiger charge is 2.47. The van der Waals surface area contributed by atoms with E-state index in [0.717, 1.165) is 0 Å². The largest absolute Gasteiger partial charge is 0.458 e. The lowest BCUT2D eigenvalue weighted by Crippen LogP contribution is -2.54. The van der Waals surface area contributed by atoms with Gasteiger partial charge in [-0.1, -0.05) is 30.3 Å². The van der Waals surface area contributed by atoms with E-state index in [1.165, 1.54) is 24.7 Å². The minimum atomic E-state index is -1.69. The van der Waals surface area contributed by atoms with Crippen molar-refractivity contribution in [2.24, 2.45) is 11.1 Å². The van der Waals surface area contributed by atoms with Gasteiger partial charge in [-0.2, -0.15) is 4.98 Å². The molecule has 13 nitrogen and oxygen atoms in total. The van der Waals surface area contributed by atoms with Gasteiger partial charge in [-0.15, -0.1) is 0 Å². The molecule has 0 bridgehead atoms. The third-order valence-corrected chi connectivity index (χ3v) is 5.72. The minimum absolute atomic E-state index is 0.0273. The SMILES string of the molecule is CC(C)(N)C(=O)OC(C(=O)OCc1ccccc1)C(CO)(CO)CCn1cnc2c(=O)[nH]c(N)nc21. The van der Waals surface area contributed by atoms with Gasteiger partial charge < -0.3 is 35.7 Å². The number of aliphatic hydroxyl groups excluding tert-OH is 2. The van der Waals surface area contributed by atoms with Gasteiger partial charge in [0.25, 0.3) is 5.56 Å². The third kappa shape index (κ3) is 5.87. The van der Waals surface area contributed by atoms with Crippen LogP contribution in [0.3, 0.4) is 0 Å². The van der Waals surface area contributed by atoms with Crippen molar-refractivity contribution in [2.75, 3.05) is 18.9 Å². The monoisotopic (exact) mass is 502 g/mol. The van der Waals surface area contributed by atoms with Crippen LogP contribution in [-0.4, -0.2) is 66.5 Å². The lowest BCUT2D eigenvalue weighted by atomic mass is 9.79. The highest BCUT2D eigenvalue weighted by atomic mass is 16.6. The van der Waals surface area contributed by atoms with Gasteiger partial charge in [-0.3, -0.25) is 14.6 Å². The number of imidazole rings is 1. The van der Waals surface area contributed by atoms with Crippen LogP contribution < -0.4 is 17.0 Å². The molecule has 0 spiro atoms. The Morgan fingerprint density at radius 2 is 1.86 bits per heavy atom. The van der Waals surface area contributed by atoms with Crippen LogP contribution in [0.5, 0.6) is 0 Å². The number of nitrogens with zero attached hydrogens (tertiary/aromatic N) is 3. The maximum atomic E-state index is 13.2. The van der Waals surface area contributed by atoms with Crippen molar-refractivity contribution >= 4 is 29.1 Å². The summed E-state index contributed by atoms with van der Waals surface area (Å²) in [5.41, 5.74) is 8.71. The van der Waals surface area contributed by atoms with Crippen LogP contribution in [0.1, 0.15) is 25.8 Å². The number of H-pyrrole nitrogens is 1. The summed E-state index contributed by atoms with van der Waals surface area (Å²) in [5.74, 6) is -2.01. The first-order valence-electron chi connectivity index (χ1n) is 11.1. The summed E-state index contributed by atoms with van der Waals surface area (Å²) in [6.45, 7) is 1.22. The van der Waals surface area contributed by atoms with E-state index in [-0.39, 0.29) is 36.7 Å². The number of anilines is 1. The first kappa shape index (κ1) is 26.8. The zero-order chi connectivity index (χ0) is 26.5. The van der Waals surface area contributed by atoms with E-state index in [0.29, 0.717) is 5.56 Å². The zero-order valence-corrected chi connectivity index (χ0v) is 20.0. The lowest BCUT2D eigenvalue weighted by molar-refractivity contribution is -0.188. The van der Waals surface area contributed by atoms with Gasteiger partial charge in [0.2, 0.25) is 12.1 Å². The predicted octanol–water partition coefficient (Wildman–Crippen LogP) is -0.545. The lowest BCUT2D eigenvalue weighted by Gasteiger charge is -2.37. The molecule has 0 fully saturated rings. The fourth-order valence-corrected chi connectivity index (χ4v) is 3.47. The van der Waals surface area contributed by atoms with Crippen molar-refractivity contribution in [1.82, 2.24) is 19.5 Å². The second-order valence-corrected chi connectivity index (χ2v) is 9.09. The molecule has 36 heavy (non-hydrogen) atoms. The molecule has 0 saturated carbocycles. The number of rotatable bonds is 11. The third-order valence-electron chi connectivity index (χ3n) is 5.72. The molecule has 194 valence electrons. The van der Waals surface area contributed by atoms with E-state index >= 15 is 0 Å². The summed E-state index contributed by atoms with van der Waals surface area (Å²) in [7, 11) is 0. The van der Waals surface area contributed by atoms with Gasteiger partial charge in [-0.05, 0) is 25.8 Å². The average Bonchev–Trinajstić information content (AvgIpc) is 3.25. The second-order valence-electron chi connectivity index (χ2n) is 9.09. The maximum Gasteiger partial charge on any atom is 0.348 e. The molecule has 13 heteroatoms. The van der Waals surface area contributed by atoms with Crippen molar-refractivity contribution in [3.63, 3.8) is 0 Å². The van der Waals surface area contributed by atoms with E-state index in [9.17, 15) is 24.6 Å².